The minimum absolute atomic E-state index is 0.787. The lowest BCUT2D eigenvalue weighted by Gasteiger charge is -2.05. The molecule has 0 amide bonds. The van der Waals surface area contributed by atoms with Crippen LogP contribution in [0.5, 0.6) is 5.75 Å². The summed E-state index contributed by atoms with van der Waals surface area (Å²) in [6, 6.07) is 22.8. The maximum atomic E-state index is 5.22. The van der Waals surface area contributed by atoms with Gasteiger partial charge in [0, 0.05) is 12.2 Å². The molecule has 3 rings (SSSR count). The van der Waals surface area contributed by atoms with Crippen molar-refractivity contribution in [2.75, 3.05) is 19.0 Å². The van der Waals surface area contributed by atoms with E-state index in [-0.39, 0.29) is 0 Å². The topological polar surface area (TPSA) is 21.3 Å². The molecule has 0 aliphatic rings. The number of benzene rings is 3. The number of fused-ring (bicyclic) bond motifs is 1. The average molecular weight is 289 g/mol. The fourth-order valence-corrected chi connectivity index (χ4v) is 2.42. The first kappa shape index (κ1) is 14.2. The normalized spacial score (nSPS) is 11.0. The van der Waals surface area contributed by atoms with Crippen LogP contribution in [0.15, 0.2) is 72.8 Å². The first-order valence-electron chi connectivity index (χ1n) is 7.38. The van der Waals surface area contributed by atoms with Crippen molar-refractivity contribution in [1.82, 2.24) is 0 Å². The van der Waals surface area contributed by atoms with Crippen LogP contribution in [-0.4, -0.2) is 13.7 Å². The van der Waals surface area contributed by atoms with E-state index in [0.29, 0.717) is 0 Å². The smallest absolute Gasteiger partial charge is 0.119 e. The summed E-state index contributed by atoms with van der Waals surface area (Å²) in [5.41, 5.74) is 2.27. The van der Waals surface area contributed by atoms with Gasteiger partial charge < -0.3 is 10.1 Å². The van der Waals surface area contributed by atoms with Crippen molar-refractivity contribution in [3.05, 3.63) is 78.4 Å². The summed E-state index contributed by atoms with van der Waals surface area (Å²) in [7, 11) is 1.68. The standard InChI is InChI=1S/C20H19NO/c1-22-20-10-4-6-16(14-20)7-5-13-21-19-12-11-17-8-2-3-9-18(17)15-19/h2-12,14-15,21H,13H2,1H3/b7-5+. The van der Waals surface area contributed by atoms with Crippen LogP contribution >= 0.6 is 0 Å². The lowest BCUT2D eigenvalue weighted by molar-refractivity contribution is 0.414. The zero-order valence-electron chi connectivity index (χ0n) is 12.6. The molecule has 1 N–H and O–H groups in total. The number of hydrogen-bond acceptors (Lipinski definition) is 2. The number of nitrogens with one attached hydrogen (secondary N) is 1. The highest BCUT2D eigenvalue weighted by Crippen LogP contribution is 2.18. The van der Waals surface area contributed by atoms with Crippen LogP contribution < -0.4 is 10.1 Å². The summed E-state index contributed by atoms with van der Waals surface area (Å²) in [4.78, 5) is 0. The molecule has 0 saturated heterocycles. The summed E-state index contributed by atoms with van der Waals surface area (Å²) >= 11 is 0. The van der Waals surface area contributed by atoms with Gasteiger partial charge in [-0.15, -0.1) is 0 Å². The Kier molecular flexibility index (Phi) is 4.40. The predicted molar refractivity (Wildman–Crippen MR) is 94.5 cm³/mol. The van der Waals surface area contributed by atoms with Gasteiger partial charge in [-0.2, -0.15) is 0 Å². The first-order chi connectivity index (χ1) is 10.8. The van der Waals surface area contributed by atoms with Crippen molar-refractivity contribution in [1.29, 1.82) is 0 Å². The van der Waals surface area contributed by atoms with Crippen LogP contribution in [0, 0.1) is 0 Å². The molecule has 0 aromatic heterocycles. The molecule has 0 radical (unpaired) electrons. The van der Waals surface area contributed by atoms with Crippen molar-refractivity contribution in [3.8, 4) is 5.75 Å². The van der Waals surface area contributed by atoms with E-state index in [2.05, 4.69) is 66.0 Å². The Labute approximate surface area is 131 Å². The van der Waals surface area contributed by atoms with Crippen LogP contribution in [0.25, 0.3) is 16.8 Å². The number of ether oxygens (including phenoxy) is 1. The monoisotopic (exact) mass is 289 g/mol. The van der Waals surface area contributed by atoms with Gasteiger partial charge in [0.05, 0.1) is 7.11 Å². The molecular weight excluding hydrogens is 270 g/mol. The van der Waals surface area contributed by atoms with E-state index in [1.54, 1.807) is 7.11 Å². The lowest BCUT2D eigenvalue weighted by atomic mass is 10.1. The SMILES string of the molecule is COc1cccc(/C=C/CNc2ccc3ccccc3c2)c1. The van der Waals surface area contributed by atoms with Crippen LogP contribution in [0.2, 0.25) is 0 Å². The molecular formula is C20H19NO. The Morgan fingerprint density at radius 2 is 1.77 bits per heavy atom. The van der Waals surface area contributed by atoms with Gasteiger partial charge >= 0.3 is 0 Å². The summed E-state index contributed by atoms with van der Waals surface area (Å²) in [6.45, 7) is 0.787. The highest BCUT2D eigenvalue weighted by Gasteiger charge is 1.95. The molecule has 0 bridgehead atoms. The van der Waals surface area contributed by atoms with Gasteiger partial charge in [0.15, 0.2) is 0 Å². The predicted octanol–water partition coefficient (Wildman–Crippen LogP) is 4.97. The summed E-state index contributed by atoms with van der Waals surface area (Å²) in [6.07, 6.45) is 4.21. The second kappa shape index (κ2) is 6.81. The number of rotatable bonds is 5. The maximum absolute atomic E-state index is 5.22. The molecule has 0 aliphatic carbocycles. The number of hydrogen-bond donors (Lipinski definition) is 1. The van der Waals surface area contributed by atoms with Crippen molar-refractivity contribution in [2.24, 2.45) is 0 Å². The third kappa shape index (κ3) is 3.47. The molecule has 0 spiro atoms. The molecule has 2 nitrogen and oxygen atoms in total. The van der Waals surface area contributed by atoms with Crippen LogP contribution in [0.1, 0.15) is 5.56 Å². The Morgan fingerprint density at radius 3 is 2.64 bits per heavy atom. The zero-order chi connectivity index (χ0) is 15.2. The van der Waals surface area contributed by atoms with E-state index in [4.69, 9.17) is 4.74 Å². The van der Waals surface area contributed by atoms with E-state index < -0.39 is 0 Å². The molecule has 0 atom stereocenters. The van der Waals surface area contributed by atoms with E-state index in [1.165, 1.54) is 10.8 Å². The van der Waals surface area contributed by atoms with Crippen molar-refractivity contribution < 1.29 is 4.74 Å². The van der Waals surface area contributed by atoms with Gasteiger partial charge in [0.25, 0.3) is 0 Å². The molecule has 0 unspecified atom stereocenters. The Bertz CT molecular complexity index is 792. The van der Waals surface area contributed by atoms with Gasteiger partial charge in [-0.05, 0) is 40.6 Å². The molecule has 0 heterocycles. The average Bonchev–Trinajstić information content (AvgIpc) is 2.59. The minimum Gasteiger partial charge on any atom is -0.497 e. The quantitative estimate of drug-likeness (QED) is 0.715. The minimum atomic E-state index is 0.787. The van der Waals surface area contributed by atoms with Gasteiger partial charge in [-0.25, -0.2) is 0 Å². The lowest BCUT2D eigenvalue weighted by Crippen LogP contribution is -1.97. The molecule has 110 valence electrons. The van der Waals surface area contributed by atoms with Gasteiger partial charge in [0.2, 0.25) is 0 Å². The summed E-state index contributed by atoms with van der Waals surface area (Å²) in [5, 5.41) is 5.94. The molecule has 0 fully saturated rings. The highest BCUT2D eigenvalue weighted by molar-refractivity contribution is 5.85. The number of methoxy groups -OCH3 is 1. The van der Waals surface area contributed by atoms with Gasteiger partial charge in [-0.1, -0.05) is 54.6 Å². The Morgan fingerprint density at radius 1 is 0.909 bits per heavy atom. The zero-order valence-corrected chi connectivity index (χ0v) is 12.6. The highest BCUT2D eigenvalue weighted by atomic mass is 16.5. The molecule has 2 heteroatoms. The van der Waals surface area contributed by atoms with Gasteiger partial charge in [-0.3, -0.25) is 0 Å². The Balaban J connectivity index is 1.62. The van der Waals surface area contributed by atoms with Crippen LogP contribution in [0.3, 0.4) is 0 Å². The molecule has 3 aromatic carbocycles. The second-order valence-electron chi connectivity index (χ2n) is 5.12. The first-order valence-corrected chi connectivity index (χ1v) is 7.38. The maximum Gasteiger partial charge on any atom is 0.119 e. The van der Waals surface area contributed by atoms with E-state index in [9.17, 15) is 0 Å². The van der Waals surface area contributed by atoms with Crippen molar-refractivity contribution in [3.63, 3.8) is 0 Å². The summed E-state index contributed by atoms with van der Waals surface area (Å²) < 4.78 is 5.22. The molecule has 22 heavy (non-hydrogen) atoms. The largest absolute Gasteiger partial charge is 0.497 e. The van der Waals surface area contributed by atoms with Crippen LogP contribution in [-0.2, 0) is 0 Å². The van der Waals surface area contributed by atoms with Gasteiger partial charge in [0.1, 0.15) is 5.75 Å². The fraction of sp³-hybridized carbons (Fsp3) is 0.100. The van der Waals surface area contributed by atoms with Crippen molar-refractivity contribution in [2.45, 2.75) is 0 Å². The second-order valence-corrected chi connectivity index (χ2v) is 5.12. The number of anilines is 1. The van der Waals surface area contributed by atoms with E-state index in [1.807, 2.05) is 18.2 Å². The fourth-order valence-electron chi connectivity index (χ4n) is 2.42. The summed E-state index contributed by atoms with van der Waals surface area (Å²) in [5.74, 6) is 0.879. The van der Waals surface area contributed by atoms with E-state index >= 15 is 0 Å². The molecule has 3 aromatic rings. The third-order valence-corrected chi connectivity index (χ3v) is 3.58. The molecule has 0 saturated carbocycles. The van der Waals surface area contributed by atoms with Crippen LogP contribution in [0.4, 0.5) is 5.69 Å². The van der Waals surface area contributed by atoms with E-state index in [0.717, 1.165) is 23.5 Å². The van der Waals surface area contributed by atoms with Crippen molar-refractivity contribution >= 4 is 22.5 Å². The Hall–Kier alpha value is -2.74. The molecule has 0 aliphatic heterocycles. The third-order valence-electron chi connectivity index (χ3n) is 3.58.